The van der Waals surface area contributed by atoms with E-state index in [-0.39, 0.29) is 0 Å². The molecule has 0 saturated carbocycles. The van der Waals surface area contributed by atoms with Gasteiger partial charge in [-0.15, -0.1) is 0 Å². The van der Waals surface area contributed by atoms with Gasteiger partial charge < -0.3 is 18.8 Å². The second kappa shape index (κ2) is 10.0. The molecule has 2 aromatic heterocycles. The van der Waals surface area contributed by atoms with Crippen molar-refractivity contribution in [2.75, 3.05) is 6.61 Å². The quantitative estimate of drug-likeness (QED) is 0.347. The van der Waals surface area contributed by atoms with Crippen LogP contribution >= 0.6 is 0 Å². The van der Waals surface area contributed by atoms with Gasteiger partial charge in [0, 0.05) is 36.4 Å². The van der Waals surface area contributed by atoms with E-state index in [2.05, 4.69) is 11.6 Å². The number of oxazole rings is 1. The molecule has 0 spiro atoms. The van der Waals surface area contributed by atoms with Crippen molar-refractivity contribution >= 4 is 12.0 Å². The van der Waals surface area contributed by atoms with Crippen LogP contribution in [-0.4, -0.2) is 27.2 Å². The van der Waals surface area contributed by atoms with Crippen LogP contribution in [0.25, 0.3) is 17.5 Å². The van der Waals surface area contributed by atoms with Crippen molar-refractivity contribution in [2.45, 2.75) is 25.8 Å². The molecule has 6 nitrogen and oxygen atoms in total. The summed E-state index contributed by atoms with van der Waals surface area (Å²) in [6.45, 7) is 6.22. The van der Waals surface area contributed by atoms with Crippen molar-refractivity contribution < 1.29 is 19.1 Å². The minimum absolute atomic E-state index is 0.367. The molecule has 6 heteroatoms. The lowest BCUT2D eigenvalue weighted by Crippen LogP contribution is -2.20. The van der Waals surface area contributed by atoms with Gasteiger partial charge in [0.15, 0.2) is 0 Å². The Morgan fingerprint density at radius 3 is 2.64 bits per heavy atom. The number of aryl methyl sites for hydroxylation is 1. The van der Waals surface area contributed by atoms with E-state index in [1.807, 2.05) is 67.6 Å². The van der Waals surface area contributed by atoms with Gasteiger partial charge in [0.1, 0.15) is 17.6 Å². The van der Waals surface area contributed by atoms with Crippen molar-refractivity contribution in [3.63, 3.8) is 0 Å². The van der Waals surface area contributed by atoms with Gasteiger partial charge in [-0.2, -0.15) is 0 Å². The van der Waals surface area contributed by atoms with Gasteiger partial charge in [-0.05, 0) is 48.9 Å². The predicted molar refractivity (Wildman–Crippen MR) is 127 cm³/mol. The first-order chi connectivity index (χ1) is 16.0. The molecule has 0 amide bonds. The van der Waals surface area contributed by atoms with Crippen LogP contribution in [0, 0.1) is 6.92 Å². The fourth-order valence-corrected chi connectivity index (χ4v) is 3.74. The van der Waals surface area contributed by atoms with Gasteiger partial charge in [0.25, 0.3) is 0 Å². The molecule has 168 valence electrons. The standard InChI is InChI=1S/C27H26N2O4/c1-3-21-17-20(18-24(27(30)31)29-14-7-8-15-29)11-12-25(21)32-16-13-23-19(2)33-26(28-23)22-9-5-4-6-10-22/h3-12,14-15,17,24H,1,13,16,18H2,2H3,(H,30,31)/t24-/m0/s1. The van der Waals surface area contributed by atoms with Gasteiger partial charge in [0.2, 0.25) is 5.89 Å². The smallest absolute Gasteiger partial charge is 0.327 e. The Morgan fingerprint density at radius 1 is 1.18 bits per heavy atom. The zero-order chi connectivity index (χ0) is 23.2. The highest BCUT2D eigenvalue weighted by molar-refractivity contribution is 5.72. The third-order valence-electron chi connectivity index (χ3n) is 5.51. The summed E-state index contributed by atoms with van der Waals surface area (Å²) in [5.41, 5.74) is 3.53. The average Bonchev–Trinajstić information content (AvgIpc) is 3.48. The van der Waals surface area contributed by atoms with Crippen LogP contribution in [-0.2, 0) is 17.6 Å². The molecule has 0 fully saturated rings. The Hall–Kier alpha value is -4.06. The second-order valence-electron chi connectivity index (χ2n) is 7.75. The molecule has 0 saturated heterocycles. The maximum Gasteiger partial charge on any atom is 0.327 e. The SMILES string of the molecule is C=Cc1cc(C[C@@H](C(=O)O)n2cccc2)ccc1OCCc1nc(-c2ccccc2)oc1C. The first-order valence-corrected chi connectivity index (χ1v) is 10.8. The minimum atomic E-state index is -0.871. The maximum atomic E-state index is 11.7. The number of hydrogen-bond acceptors (Lipinski definition) is 4. The highest BCUT2D eigenvalue weighted by Crippen LogP contribution is 2.26. The Morgan fingerprint density at radius 2 is 1.94 bits per heavy atom. The number of nitrogens with zero attached hydrogens (tertiary/aromatic N) is 2. The Labute approximate surface area is 192 Å². The number of aromatic nitrogens is 2. The average molecular weight is 443 g/mol. The lowest BCUT2D eigenvalue weighted by atomic mass is 10.0. The summed E-state index contributed by atoms with van der Waals surface area (Å²) in [5.74, 6) is 1.21. The number of ether oxygens (including phenoxy) is 1. The summed E-state index contributed by atoms with van der Waals surface area (Å²) < 4.78 is 13.5. The number of benzene rings is 2. The minimum Gasteiger partial charge on any atom is -0.493 e. The number of rotatable bonds is 10. The van der Waals surface area contributed by atoms with Crippen molar-refractivity contribution in [1.82, 2.24) is 9.55 Å². The first-order valence-electron chi connectivity index (χ1n) is 10.8. The highest BCUT2D eigenvalue weighted by atomic mass is 16.5. The Kier molecular flexibility index (Phi) is 6.74. The molecule has 33 heavy (non-hydrogen) atoms. The molecule has 0 aliphatic rings. The van der Waals surface area contributed by atoms with E-state index in [9.17, 15) is 9.90 Å². The van der Waals surface area contributed by atoms with Crippen LogP contribution in [0.1, 0.15) is 28.6 Å². The van der Waals surface area contributed by atoms with Crippen molar-refractivity contribution in [2.24, 2.45) is 0 Å². The molecule has 0 bridgehead atoms. The Bertz CT molecular complexity index is 1230. The summed E-state index contributed by atoms with van der Waals surface area (Å²) in [5, 5.41) is 9.63. The summed E-state index contributed by atoms with van der Waals surface area (Å²) in [6.07, 6.45) is 6.22. The third-order valence-corrected chi connectivity index (χ3v) is 5.51. The molecule has 1 N–H and O–H groups in total. The topological polar surface area (TPSA) is 77.5 Å². The monoisotopic (exact) mass is 442 g/mol. The summed E-state index contributed by atoms with van der Waals surface area (Å²) in [7, 11) is 0. The molecule has 4 rings (SSSR count). The molecule has 4 aromatic rings. The van der Waals surface area contributed by atoms with Gasteiger partial charge in [-0.3, -0.25) is 0 Å². The van der Waals surface area contributed by atoms with Gasteiger partial charge in [-0.25, -0.2) is 9.78 Å². The van der Waals surface area contributed by atoms with E-state index >= 15 is 0 Å². The van der Waals surface area contributed by atoms with E-state index in [4.69, 9.17) is 9.15 Å². The molecule has 2 aromatic carbocycles. The normalized spacial score (nSPS) is 11.8. The number of carbonyl (C=O) groups is 1. The summed E-state index contributed by atoms with van der Waals surface area (Å²) in [4.78, 5) is 16.4. The highest BCUT2D eigenvalue weighted by Gasteiger charge is 2.19. The van der Waals surface area contributed by atoms with Gasteiger partial charge in [0.05, 0.1) is 12.3 Å². The molecule has 0 unspecified atom stereocenters. The van der Waals surface area contributed by atoms with Gasteiger partial charge >= 0.3 is 5.97 Å². The summed E-state index contributed by atoms with van der Waals surface area (Å²) in [6, 6.07) is 18.5. The van der Waals surface area contributed by atoms with Crippen molar-refractivity contribution in [1.29, 1.82) is 0 Å². The second-order valence-corrected chi connectivity index (χ2v) is 7.75. The van der Waals surface area contributed by atoms with Crippen LogP contribution in [0.2, 0.25) is 0 Å². The zero-order valence-corrected chi connectivity index (χ0v) is 18.5. The Balaban J connectivity index is 1.41. The largest absolute Gasteiger partial charge is 0.493 e. The molecule has 0 aliphatic heterocycles. The van der Waals surface area contributed by atoms with Crippen molar-refractivity contribution in [3.8, 4) is 17.2 Å². The van der Waals surface area contributed by atoms with E-state index in [0.717, 1.165) is 28.1 Å². The molecule has 0 radical (unpaired) electrons. The fraction of sp³-hybridized carbons (Fsp3) is 0.185. The number of carboxylic acid groups (broad SMARTS) is 1. The predicted octanol–water partition coefficient (Wildman–Crippen LogP) is 5.58. The molecule has 2 heterocycles. The van der Waals surface area contributed by atoms with Crippen molar-refractivity contribution in [3.05, 3.63) is 102 Å². The van der Waals surface area contributed by atoms with Crippen LogP contribution < -0.4 is 4.74 Å². The van der Waals surface area contributed by atoms with E-state index in [1.54, 1.807) is 23.0 Å². The maximum absolute atomic E-state index is 11.7. The fourth-order valence-electron chi connectivity index (χ4n) is 3.74. The lowest BCUT2D eigenvalue weighted by molar-refractivity contribution is -0.140. The number of aliphatic carboxylic acids is 1. The van der Waals surface area contributed by atoms with E-state index in [0.29, 0.717) is 31.1 Å². The summed E-state index contributed by atoms with van der Waals surface area (Å²) >= 11 is 0. The zero-order valence-electron chi connectivity index (χ0n) is 18.5. The van der Waals surface area contributed by atoms with Crippen LogP contribution in [0.4, 0.5) is 0 Å². The van der Waals surface area contributed by atoms with Crippen LogP contribution in [0.15, 0.2) is 84.1 Å². The van der Waals surface area contributed by atoms with E-state index < -0.39 is 12.0 Å². The molecular formula is C27H26N2O4. The van der Waals surface area contributed by atoms with E-state index in [1.165, 1.54) is 0 Å². The number of hydrogen-bond donors (Lipinski definition) is 1. The number of carboxylic acids is 1. The van der Waals surface area contributed by atoms with Gasteiger partial charge in [-0.1, -0.05) is 36.9 Å². The molecule has 0 aliphatic carbocycles. The van der Waals surface area contributed by atoms with Crippen LogP contribution in [0.3, 0.4) is 0 Å². The van der Waals surface area contributed by atoms with Crippen LogP contribution in [0.5, 0.6) is 5.75 Å². The molecule has 1 atom stereocenters. The lowest BCUT2D eigenvalue weighted by Gasteiger charge is -2.16. The molecular weight excluding hydrogens is 416 g/mol. The first kappa shape index (κ1) is 22.1. The third kappa shape index (κ3) is 5.23.